The van der Waals surface area contributed by atoms with Gasteiger partial charge in [0.05, 0.1) is 29.3 Å². The Bertz CT molecular complexity index is 700. The average Bonchev–Trinajstić information content (AvgIpc) is 2.63. The first kappa shape index (κ1) is 20.6. The van der Waals surface area contributed by atoms with Crippen LogP contribution < -0.4 is 5.32 Å². The number of carbonyl (C=O) groups is 2. The van der Waals surface area contributed by atoms with Gasteiger partial charge in [-0.1, -0.05) is 0 Å². The number of carbonyl (C=O) groups excluding carboxylic acids is 2. The predicted octanol–water partition coefficient (Wildman–Crippen LogP) is 0.792. The van der Waals surface area contributed by atoms with Crippen LogP contribution in [0.15, 0.2) is 18.2 Å². The molecule has 1 heterocycles. The molecular weight excluding hydrogens is 358 g/mol. The quantitative estimate of drug-likeness (QED) is 0.403. The van der Waals surface area contributed by atoms with E-state index in [0.29, 0.717) is 13.1 Å². The number of rotatable bonds is 7. The monoisotopic (exact) mass is 381 g/mol. The number of morpholine rings is 1. The Balaban J connectivity index is 2.06. The molecule has 0 radical (unpaired) electrons. The Morgan fingerprint density at radius 1 is 1.37 bits per heavy atom. The molecule has 1 aliphatic heterocycles. The molecule has 10 nitrogen and oxygen atoms in total. The molecule has 1 aromatic rings. The molecule has 27 heavy (non-hydrogen) atoms. The Kier molecular flexibility index (Phi) is 7.08. The SMILES string of the molecule is C[C@@H]1CN(C(=O)COC(=O)c2cc([N+](=O)[O-])ccc2NCCO)C[C@H](C)O1. The van der Waals surface area contributed by atoms with Crippen molar-refractivity contribution in [1.29, 1.82) is 0 Å². The lowest BCUT2D eigenvalue weighted by Gasteiger charge is -2.35. The maximum Gasteiger partial charge on any atom is 0.341 e. The van der Waals surface area contributed by atoms with E-state index in [4.69, 9.17) is 14.6 Å². The van der Waals surface area contributed by atoms with Gasteiger partial charge in [-0.25, -0.2) is 4.79 Å². The van der Waals surface area contributed by atoms with Gasteiger partial charge in [0, 0.05) is 37.5 Å². The van der Waals surface area contributed by atoms with Gasteiger partial charge in [-0.05, 0) is 19.9 Å². The van der Waals surface area contributed by atoms with Crippen molar-refractivity contribution in [3.8, 4) is 0 Å². The van der Waals surface area contributed by atoms with Crippen LogP contribution in [0.25, 0.3) is 0 Å². The van der Waals surface area contributed by atoms with Gasteiger partial charge in [0.25, 0.3) is 11.6 Å². The fourth-order valence-corrected chi connectivity index (χ4v) is 2.84. The molecule has 0 unspecified atom stereocenters. The van der Waals surface area contributed by atoms with E-state index in [1.54, 1.807) is 4.90 Å². The largest absolute Gasteiger partial charge is 0.452 e. The van der Waals surface area contributed by atoms with Crippen LogP contribution in [0.1, 0.15) is 24.2 Å². The molecule has 1 aliphatic rings. The van der Waals surface area contributed by atoms with Gasteiger partial charge < -0.3 is 24.8 Å². The Hall–Kier alpha value is -2.72. The van der Waals surface area contributed by atoms with Crippen LogP contribution in [-0.4, -0.2) is 71.9 Å². The minimum atomic E-state index is -0.859. The van der Waals surface area contributed by atoms with Crippen LogP contribution in [-0.2, 0) is 14.3 Å². The zero-order valence-corrected chi connectivity index (χ0v) is 15.2. The first-order chi connectivity index (χ1) is 12.8. The molecule has 0 saturated carbocycles. The fraction of sp³-hybridized carbons (Fsp3) is 0.529. The molecule has 1 aromatic carbocycles. The van der Waals surface area contributed by atoms with E-state index in [9.17, 15) is 19.7 Å². The lowest BCUT2D eigenvalue weighted by molar-refractivity contribution is -0.384. The molecule has 0 bridgehead atoms. The van der Waals surface area contributed by atoms with Gasteiger partial charge in [-0.3, -0.25) is 14.9 Å². The highest BCUT2D eigenvalue weighted by atomic mass is 16.6. The summed E-state index contributed by atoms with van der Waals surface area (Å²) in [5.41, 5.74) is -0.0754. The Morgan fingerprint density at radius 2 is 2.04 bits per heavy atom. The molecule has 2 rings (SSSR count). The highest BCUT2D eigenvalue weighted by Gasteiger charge is 2.27. The summed E-state index contributed by atoms with van der Waals surface area (Å²) in [6.45, 7) is 4.01. The molecule has 0 aliphatic carbocycles. The van der Waals surface area contributed by atoms with Crippen LogP contribution in [0, 0.1) is 10.1 Å². The Labute approximate surface area is 156 Å². The molecule has 10 heteroatoms. The fourth-order valence-electron chi connectivity index (χ4n) is 2.84. The standard InChI is InChI=1S/C17H23N3O7/c1-11-8-19(9-12(2)27-11)16(22)10-26-17(23)14-7-13(20(24)25)3-4-15(14)18-5-6-21/h3-4,7,11-12,18,21H,5-6,8-10H2,1-2H3/t11-,12+. The molecule has 1 amide bonds. The van der Waals surface area contributed by atoms with Crippen molar-refractivity contribution >= 4 is 23.3 Å². The second-order valence-corrected chi connectivity index (χ2v) is 6.27. The van der Waals surface area contributed by atoms with E-state index in [1.807, 2.05) is 13.8 Å². The number of nitro benzene ring substituents is 1. The summed E-state index contributed by atoms with van der Waals surface area (Å²) in [5, 5.41) is 22.7. The summed E-state index contributed by atoms with van der Waals surface area (Å²) in [6, 6.07) is 3.67. The highest BCUT2D eigenvalue weighted by molar-refractivity contribution is 5.97. The van der Waals surface area contributed by atoms with Gasteiger partial charge in [0.1, 0.15) is 0 Å². The van der Waals surface area contributed by atoms with Crippen molar-refractivity contribution in [2.45, 2.75) is 26.1 Å². The number of nitro groups is 1. The zero-order valence-electron chi connectivity index (χ0n) is 15.2. The predicted molar refractivity (Wildman–Crippen MR) is 95.5 cm³/mol. The van der Waals surface area contributed by atoms with Gasteiger partial charge in [0.2, 0.25) is 0 Å². The molecule has 1 saturated heterocycles. The second-order valence-electron chi connectivity index (χ2n) is 6.27. The smallest absolute Gasteiger partial charge is 0.341 e. The number of non-ortho nitro benzene ring substituents is 1. The summed E-state index contributed by atoms with van der Waals surface area (Å²) in [4.78, 5) is 36.6. The number of benzene rings is 1. The number of aliphatic hydroxyl groups is 1. The third-order valence-electron chi connectivity index (χ3n) is 3.96. The van der Waals surface area contributed by atoms with Crippen LogP contribution >= 0.6 is 0 Å². The van der Waals surface area contributed by atoms with Crippen molar-refractivity contribution in [3.05, 3.63) is 33.9 Å². The lowest BCUT2D eigenvalue weighted by Crippen LogP contribution is -2.49. The molecule has 2 atom stereocenters. The topological polar surface area (TPSA) is 131 Å². The molecule has 0 spiro atoms. The van der Waals surface area contributed by atoms with Gasteiger partial charge in [-0.15, -0.1) is 0 Å². The van der Waals surface area contributed by atoms with E-state index in [0.717, 1.165) is 6.07 Å². The summed E-state index contributed by atoms with van der Waals surface area (Å²) < 4.78 is 10.6. The van der Waals surface area contributed by atoms with E-state index in [-0.39, 0.29) is 48.2 Å². The highest BCUT2D eigenvalue weighted by Crippen LogP contribution is 2.23. The average molecular weight is 381 g/mol. The van der Waals surface area contributed by atoms with Crippen LogP contribution in [0.2, 0.25) is 0 Å². The number of aliphatic hydroxyl groups excluding tert-OH is 1. The maximum absolute atomic E-state index is 12.4. The van der Waals surface area contributed by atoms with Crippen molar-refractivity contribution in [1.82, 2.24) is 4.90 Å². The first-order valence-electron chi connectivity index (χ1n) is 8.55. The van der Waals surface area contributed by atoms with Gasteiger partial charge in [0.15, 0.2) is 6.61 Å². The summed E-state index contributed by atoms with van der Waals surface area (Å²) in [7, 11) is 0. The lowest BCUT2D eigenvalue weighted by atomic mass is 10.1. The number of anilines is 1. The molecule has 148 valence electrons. The summed E-state index contributed by atoms with van der Waals surface area (Å²) >= 11 is 0. The zero-order chi connectivity index (χ0) is 20.0. The number of esters is 1. The van der Waals surface area contributed by atoms with E-state index in [2.05, 4.69) is 5.32 Å². The van der Waals surface area contributed by atoms with E-state index >= 15 is 0 Å². The summed E-state index contributed by atoms with van der Waals surface area (Å²) in [6.07, 6.45) is -0.223. The normalized spacial score (nSPS) is 19.4. The second kappa shape index (κ2) is 9.28. The number of nitrogens with one attached hydrogen (secondary N) is 1. The van der Waals surface area contributed by atoms with Crippen LogP contribution in [0.5, 0.6) is 0 Å². The van der Waals surface area contributed by atoms with Crippen molar-refractivity contribution < 1.29 is 29.1 Å². The Morgan fingerprint density at radius 3 is 2.63 bits per heavy atom. The minimum absolute atomic E-state index is 0.0748. The minimum Gasteiger partial charge on any atom is -0.452 e. The van der Waals surface area contributed by atoms with Crippen molar-refractivity contribution in [2.24, 2.45) is 0 Å². The number of nitrogens with zero attached hydrogens (tertiary/aromatic N) is 2. The van der Waals surface area contributed by atoms with Crippen molar-refractivity contribution in [3.63, 3.8) is 0 Å². The van der Waals surface area contributed by atoms with E-state index in [1.165, 1.54) is 12.1 Å². The summed E-state index contributed by atoms with van der Waals surface area (Å²) in [5.74, 6) is -1.22. The van der Waals surface area contributed by atoms with Crippen LogP contribution in [0.3, 0.4) is 0 Å². The number of hydrogen-bond acceptors (Lipinski definition) is 8. The number of amides is 1. The number of hydrogen-bond donors (Lipinski definition) is 2. The molecule has 2 N–H and O–H groups in total. The van der Waals surface area contributed by atoms with Crippen molar-refractivity contribution in [2.75, 3.05) is 38.2 Å². The first-order valence-corrected chi connectivity index (χ1v) is 8.55. The maximum atomic E-state index is 12.4. The third-order valence-corrected chi connectivity index (χ3v) is 3.96. The molecular formula is C17H23N3O7. The van der Waals surface area contributed by atoms with E-state index < -0.39 is 17.5 Å². The molecule has 1 fully saturated rings. The van der Waals surface area contributed by atoms with Gasteiger partial charge in [-0.2, -0.15) is 0 Å². The third kappa shape index (κ3) is 5.63. The van der Waals surface area contributed by atoms with Gasteiger partial charge >= 0.3 is 5.97 Å². The van der Waals surface area contributed by atoms with Crippen LogP contribution in [0.4, 0.5) is 11.4 Å². The molecule has 0 aromatic heterocycles. The number of ether oxygens (including phenoxy) is 2.